The fourth-order valence-corrected chi connectivity index (χ4v) is 1.87. The molecule has 0 aromatic heterocycles. The van der Waals surface area contributed by atoms with Crippen LogP contribution in [0.25, 0.3) is 0 Å². The van der Waals surface area contributed by atoms with Gasteiger partial charge in [0.05, 0.1) is 0 Å². The molecule has 1 N–H and O–H groups in total. The van der Waals surface area contributed by atoms with E-state index >= 15 is 0 Å². The number of nitrogens with zero attached hydrogens (tertiary/aromatic N) is 3. The smallest absolute Gasteiger partial charge is 0.410 e. The van der Waals surface area contributed by atoms with Crippen molar-refractivity contribution in [3.05, 3.63) is 12.0 Å². The van der Waals surface area contributed by atoms with E-state index < -0.39 is 5.60 Å². The summed E-state index contributed by atoms with van der Waals surface area (Å²) in [5, 5.41) is 3.24. The molecule has 1 aliphatic heterocycles. The molecule has 0 atom stereocenters. The fourth-order valence-electron chi connectivity index (χ4n) is 1.87. The summed E-state index contributed by atoms with van der Waals surface area (Å²) in [6, 6.07) is 0. The molecule has 6 nitrogen and oxygen atoms in total. The van der Waals surface area contributed by atoms with Crippen LogP contribution in [0, 0.1) is 0 Å². The minimum absolute atomic E-state index is 0.282. The van der Waals surface area contributed by atoms with Gasteiger partial charge in [-0.1, -0.05) is 0 Å². The van der Waals surface area contributed by atoms with Crippen LogP contribution in [-0.2, 0) is 4.74 Å². The summed E-state index contributed by atoms with van der Waals surface area (Å²) in [6.45, 7) is 8.95. The molecule has 0 aliphatic carbocycles. The maximum atomic E-state index is 11.9. The maximum absolute atomic E-state index is 11.9. The third-order valence-electron chi connectivity index (χ3n) is 3.08. The summed E-state index contributed by atoms with van der Waals surface area (Å²) in [4.78, 5) is 17.8. The highest BCUT2D eigenvalue weighted by Crippen LogP contribution is 2.10. The Morgan fingerprint density at radius 3 is 2.60 bits per heavy atom. The zero-order chi connectivity index (χ0) is 15.3. The first kappa shape index (κ1) is 16.5. The van der Waals surface area contributed by atoms with Crippen molar-refractivity contribution in [1.29, 1.82) is 0 Å². The lowest BCUT2D eigenvalue weighted by molar-refractivity contribution is 0.0287. The van der Waals surface area contributed by atoms with E-state index in [0.29, 0.717) is 6.54 Å². The molecule has 0 spiro atoms. The molecule has 1 aliphatic rings. The maximum Gasteiger partial charge on any atom is 0.410 e. The number of carbonyl (C=O) groups is 1. The number of hydrogen-bond acceptors (Lipinski definition) is 5. The van der Waals surface area contributed by atoms with Crippen molar-refractivity contribution in [3.8, 4) is 0 Å². The molecule has 1 heterocycles. The van der Waals surface area contributed by atoms with Gasteiger partial charge in [0.1, 0.15) is 11.4 Å². The van der Waals surface area contributed by atoms with Gasteiger partial charge < -0.3 is 24.8 Å². The van der Waals surface area contributed by atoms with Crippen molar-refractivity contribution in [3.63, 3.8) is 0 Å². The van der Waals surface area contributed by atoms with Crippen molar-refractivity contribution >= 4 is 6.09 Å². The van der Waals surface area contributed by atoms with Gasteiger partial charge in [0.25, 0.3) is 0 Å². The monoisotopic (exact) mass is 284 g/mol. The molecule has 20 heavy (non-hydrogen) atoms. The van der Waals surface area contributed by atoms with E-state index in [1.165, 1.54) is 0 Å². The molecule has 0 bridgehead atoms. The van der Waals surface area contributed by atoms with Crippen LogP contribution in [0.1, 0.15) is 20.8 Å². The lowest BCUT2D eigenvalue weighted by Gasteiger charge is -2.34. The quantitative estimate of drug-likeness (QED) is 0.838. The van der Waals surface area contributed by atoms with Crippen LogP contribution >= 0.6 is 0 Å². The molecular weight excluding hydrogens is 256 g/mol. The summed E-state index contributed by atoms with van der Waals surface area (Å²) in [5.74, 6) is 1.13. The molecule has 6 heteroatoms. The van der Waals surface area contributed by atoms with Crippen LogP contribution < -0.4 is 5.32 Å². The summed E-state index contributed by atoms with van der Waals surface area (Å²) >= 11 is 0. The average Bonchev–Trinajstić information content (AvgIpc) is 2.34. The first-order valence-electron chi connectivity index (χ1n) is 7.00. The molecule has 1 rings (SSSR count). The van der Waals surface area contributed by atoms with Crippen molar-refractivity contribution in [2.24, 2.45) is 0 Å². The van der Waals surface area contributed by atoms with Gasteiger partial charge in [-0.05, 0) is 20.8 Å². The van der Waals surface area contributed by atoms with Gasteiger partial charge in [0, 0.05) is 53.5 Å². The summed E-state index contributed by atoms with van der Waals surface area (Å²) in [5.41, 5.74) is -0.451. The van der Waals surface area contributed by atoms with Gasteiger partial charge in [-0.3, -0.25) is 0 Å². The van der Waals surface area contributed by atoms with E-state index in [1.807, 2.05) is 34.0 Å². The van der Waals surface area contributed by atoms with Crippen LogP contribution in [0.5, 0.6) is 0 Å². The normalized spacial score (nSPS) is 15.3. The third kappa shape index (κ3) is 5.19. The Morgan fingerprint density at radius 2 is 2.05 bits per heavy atom. The van der Waals surface area contributed by atoms with E-state index in [-0.39, 0.29) is 6.09 Å². The second-order valence-electron chi connectivity index (χ2n) is 6.20. The molecule has 0 aromatic rings. The summed E-state index contributed by atoms with van der Waals surface area (Å²) in [7, 11) is 5.86. The SMILES string of the molecule is CN(CCN(C)C1=CNCCN1C)C(=O)OC(C)(C)C. The van der Waals surface area contributed by atoms with Crippen molar-refractivity contribution in [2.75, 3.05) is 47.3 Å². The lowest BCUT2D eigenvalue weighted by atomic mass is 10.2. The number of ether oxygens (including phenoxy) is 1. The first-order valence-corrected chi connectivity index (χ1v) is 7.00. The highest BCUT2D eigenvalue weighted by molar-refractivity contribution is 5.67. The number of carbonyl (C=O) groups excluding carboxylic acids is 1. The predicted octanol–water partition coefficient (Wildman–Crippen LogP) is 1.12. The van der Waals surface area contributed by atoms with Crippen LogP contribution in [0.4, 0.5) is 4.79 Å². The van der Waals surface area contributed by atoms with Crippen molar-refractivity contribution < 1.29 is 9.53 Å². The van der Waals surface area contributed by atoms with Gasteiger partial charge in [0.15, 0.2) is 0 Å². The number of nitrogens with one attached hydrogen (secondary N) is 1. The van der Waals surface area contributed by atoms with E-state index in [4.69, 9.17) is 4.74 Å². The summed E-state index contributed by atoms with van der Waals surface area (Å²) in [6.07, 6.45) is 1.73. The Balaban J connectivity index is 2.42. The van der Waals surface area contributed by atoms with Gasteiger partial charge in [-0.25, -0.2) is 4.79 Å². The fraction of sp³-hybridized carbons (Fsp3) is 0.786. The van der Waals surface area contributed by atoms with Crippen LogP contribution in [0.2, 0.25) is 0 Å². The molecule has 0 unspecified atom stereocenters. The van der Waals surface area contributed by atoms with Crippen LogP contribution in [0.3, 0.4) is 0 Å². The van der Waals surface area contributed by atoms with Gasteiger partial charge in [-0.15, -0.1) is 0 Å². The number of rotatable bonds is 4. The van der Waals surface area contributed by atoms with Crippen LogP contribution in [-0.4, -0.2) is 73.7 Å². The second-order valence-corrected chi connectivity index (χ2v) is 6.20. The number of hydrogen-bond donors (Lipinski definition) is 1. The number of likely N-dealkylation sites (N-methyl/N-ethyl adjacent to an activating group) is 3. The topological polar surface area (TPSA) is 48.0 Å². The predicted molar refractivity (Wildman–Crippen MR) is 80.2 cm³/mol. The molecule has 1 amide bonds. The molecule has 0 aromatic carbocycles. The Kier molecular flexibility index (Phi) is 5.53. The molecule has 116 valence electrons. The Hall–Kier alpha value is -1.59. The number of amides is 1. The zero-order valence-electron chi connectivity index (χ0n) is 13.6. The van der Waals surface area contributed by atoms with E-state index in [9.17, 15) is 4.79 Å². The van der Waals surface area contributed by atoms with Crippen molar-refractivity contribution in [1.82, 2.24) is 20.0 Å². The minimum atomic E-state index is -0.451. The van der Waals surface area contributed by atoms with Crippen molar-refractivity contribution in [2.45, 2.75) is 26.4 Å². The molecular formula is C14H28N4O2. The molecule has 0 fully saturated rings. The highest BCUT2D eigenvalue weighted by Gasteiger charge is 2.20. The standard InChI is InChI=1S/C14H28N4O2/c1-14(2,3)20-13(19)18(6)10-9-17(5)12-11-15-7-8-16(12)4/h11,15H,7-10H2,1-6H3. The van der Waals surface area contributed by atoms with E-state index in [1.54, 1.807) is 11.9 Å². The third-order valence-corrected chi connectivity index (χ3v) is 3.08. The average molecular weight is 284 g/mol. The second kappa shape index (κ2) is 6.72. The van der Waals surface area contributed by atoms with E-state index in [0.717, 1.165) is 25.5 Å². The summed E-state index contributed by atoms with van der Waals surface area (Å²) < 4.78 is 5.33. The lowest BCUT2D eigenvalue weighted by Crippen LogP contribution is -2.43. The van der Waals surface area contributed by atoms with Gasteiger partial charge in [-0.2, -0.15) is 0 Å². The Bertz CT molecular complexity index is 363. The van der Waals surface area contributed by atoms with E-state index in [2.05, 4.69) is 22.2 Å². The largest absolute Gasteiger partial charge is 0.444 e. The molecule has 0 saturated heterocycles. The van der Waals surface area contributed by atoms with Gasteiger partial charge >= 0.3 is 6.09 Å². The molecule has 0 saturated carbocycles. The van der Waals surface area contributed by atoms with Crippen LogP contribution in [0.15, 0.2) is 12.0 Å². The highest BCUT2D eigenvalue weighted by atomic mass is 16.6. The Labute approximate surface area is 122 Å². The molecule has 0 radical (unpaired) electrons. The zero-order valence-corrected chi connectivity index (χ0v) is 13.6. The van der Waals surface area contributed by atoms with Gasteiger partial charge in [0.2, 0.25) is 0 Å². The Morgan fingerprint density at radius 1 is 1.40 bits per heavy atom. The first-order chi connectivity index (χ1) is 9.20. The minimum Gasteiger partial charge on any atom is -0.444 e.